The van der Waals surface area contributed by atoms with Gasteiger partial charge in [0.25, 0.3) is 0 Å². The molecule has 12 nitrogen and oxygen atoms in total. The highest BCUT2D eigenvalue weighted by atomic mass is 19.4. The molecule has 0 bridgehead atoms. The Morgan fingerprint density at radius 1 is 1.00 bits per heavy atom. The Morgan fingerprint density at radius 2 is 1.77 bits per heavy atom. The van der Waals surface area contributed by atoms with Crippen molar-refractivity contribution in [2.75, 3.05) is 38.1 Å². The first-order chi connectivity index (χ1) is 28.8. The number of aryl methyl sites for hydroxylation is 2. The Kier molecular flexibility index (Phi) is 11.9. The number of hydrogen-bond acceptors (Lipinski definition) is 12. The summed E-state index contributed by atoms with van der Waals surface area (Å²) in [6, 6.07) is 3.84. The first kappa shape index (κ1) is 41.7. The lowest BCUT2D eigenvalue weighted by molar-refractivity contribution is -0.275. The number of nitrogens with zero attached hydrogens (tertiary/aromatic N) is 5. The van der Waals surface area contributed by atoms with Crippen molar-refractivity contribution in [1.82, 2.24) is 24.8 Å². The van der Waals surface area contributed by atoms with Crippen molar-refractivity contribution in [3.63, 3.8) is 0 Å². The Labute approximate surface area is 343 Å². The summed E-state index contributed by atoms with van der Waals surface area (Å²) >= 11 is 0. The van der Waals surface area contributed by atoms with Crippen molar-refractivity contribution in [2.24, 2.45) is 0 Å². The lowest BCUT2D eigenvalue weighted by Crippen LogP contribution is -2.43. The number of pyridine rings is 1. The molecule has 6 heterocycles. The number of phenols is 1. The van der Waals surface area contributed by atoms with Crippen LogP contribution in [0.4, 0.5) is 27.8 Å². The third-order valence-corrected chi connectivity index (χ3v) is 12.1. The van der Waals surface area contributed by atoms with Crippen LogP contribution in [0.3, 0.4) is 0 Å². The maximum Gasteiger partial charge on any atom is 0.573 e. The minimum absolute atomic E-state index is 0.0248. The zero-order valence-electron chi connectivity index (χ0n) is 33.7. The van der Waals surface area contributed by atoms with Crippen LogP contribution in [0.2, 0.25) is 0 Å². The summed E-state index contributed by atoms with van der Waals surface area (Å²) in [5, 5.41) is 14.1. The number of halogens is 5. The minimum atomic E-state index is -5.28. The molecule has 0 amide bonds. The molecule has 3 aromatic heterocycles. The minimum Gasteiger partial charge on any atom is -0.508 e. The molecule has 5 aromatic rings. The molecule has 1 unspecified atom stereocenters. The second kappa shape index (κ2) is 17.1. The van der Waals surface area contributed by atoms with Crippen LogP contribution in [0.15, 0.2) is 37.9 Å². The summed E-state index contributed by atoms with van der Waals surface area (Å²) in [5.41, 5.74) is -0.766. The highest BCUT2D eigenvalue weighted by molar-refractivity contribution is 6.03. The standard InChI is InChI=1S/C43H49F5N6O6/c1-3-5-12-31-32(59-41(56)58-31)23-53(17-6-4-2)22-26-10-7-11-30-34-37(51-40(52-39(34)49-26)57-24-42-15-8-18-54(42)19-9-16-42)35(45)36(50-30)28-21-27(55)20-25-13-14-29(44)38(33(25)28)60-43(46,47)48/h13-14,20-21,26,55H,3-12,15-19,22-24H2,1-2H3,(H,49,51,52). The van der Waals surface area contributed by atoms with Crippen LogP contribution in [0.1, 0.15) is 95.3 Å². The Balaban J connectivity index is 1.22. The lowest BCUT2D eigenvalue weighted by atomic mass is 9.95. The number of hydrogen-bond donors (Lipinski definition) is 2. The van der Waals surface area contributed by atoms with E-state index >= 15 is 8.78 Å². The number of ether oxygens (including phenoxy) is 2. The van der Waals surface area contributed by atoms with Crippen LogP contribution < -0.4 is 20.6 Å². The number of aromatic hydroxyl groups is 1. The van der Waals surface area contributed by atoms with Crippen molar-refractivity contribution in [3.05, 3.63) is 63.7 Å². The molecule has 2 aromatic carbocycles. The van der Waals surface area contributed by atoms with Crippen molar-refractivity contribution in [3.8, 4) is 28.8 Å². The van der Waals surface area contributed by atoms with Gasteiger partial charge in [0.2, 0.25) is 0 Å². The van der Waals surface area contributed by atoms with Gasteiger partial charge >= 0.3 is 18.2 Å². The number of alkyl halides is 3. The highest BCUT2D eigenvalue weighted by Gasteiger charge is 2.45. The van der Waals surface area contributed by atoms with Gasteiger partial charge in [-0.25, -0.2) is 18.6 Å². The third-order valence-electron chi connectivity index (χ3n) is 12.1. The molecule has 2 saturated heterocycles. The fourth-order valence-electron chi connectivity index (χ4n) is 9.24. The fraction of sp³-hybridized carbons (Fsp3) is 0.535. The van der Waals surface area contributed by atoms with Crippen molar-refractivity contribution < 1.29 is 45.4 Å². The van der Waals surface area contributed by atoms with Crippen molar-refractivity contribution in [1.29, 1.82) is 0 Å². The molecule has 322 valence electrons. The van der Waals surface area contributed by atoms with Gasteiger partial charge < -0.3 is 28.7 Å². The molecule has 0 saturated carbocycles. The molecule has 8 rings (SSSR count). The number of rotatable bonds is 15. The number of benzene rings is 2. The second-order valence-electron chi connectivity index (χ2n) is 16.2. The van der Waals surface area contributed by atoms with Gasteiger partial charge in [0.1, 0.15) is 29.4 Å². The van der Waals surface area contributed by atoms with Gasteiger partial charge in [-0.1, -0.05) is 32.8 Å². The molecule has 17 heteroatoms. The molecule has 1 atom stereocenters. The second-order valence-corrected chi connectivity index (χ2v) is 16.2. The highest BCUT2D eigenvalue weighted by Crippen LogP contribution is 2.44. The van der Waals surface area contributed by atoms with Crippen molar-refractivity contribution >= 4 is 27.5 Å². The van der Waals surface area contributed by atoms with Crippen molar-refractivity contribution in [2.45, 2.75) is 115 Å². The van der Waals surface area contributed by atoms with Gasteiger partial charge in [-0.2, -0.15) is 9.97 Å². The van der Waals surface area contributed by atoms with Gasteiger partial charge in [0.15, 0.2) is 28.9 Å². The van der Waals surface area contributed by atoms with Crippen LogP contribution in [0.5, 0.6) is 17.5 Å². The Bertz CT molecular complexity index is 2410. The average molecular weight is 841 g/mol. The third kappa shape index (κ3) is 8.60. The van der Waals surface area contributed by atoms with E-state index in [1.807, 2.05) is 0 Å². The molecule has 3 aliphatic rings. The van der Waals surface area contributed by atoms with E-state index in [1.54, 1.807) is 0 Å². The smallest absolute Gasteiger partial charge is 0.508 e. The largest absolute Gasteiger partial charge is 0.573 e. The summed E-state index contributed by atoms with van der Waals surface area (Å²) in [4.78, 5) is 30.9. The average Bonchev–Trinajstić information content (AvgIpc) is 3.89. The lowest BCUT2D eigenvalue weighted by Gasteiger charge is -2.32. The van der Waals surface area contributed by atoms with Crippen LogP contribution in [-0.4, -0.2) is 80.6 Å². The van der Waals surface area contributed by atoms with E-state index < -0.39 is 46.4 Å². The van der Waals surface area contributed by atoms with Crippen LogP contribution >= 0.6 is 0 Å². The van der Waals surface area contributed by atoms with E-state index in [0.717, 1.165) is 82.7 Å². The first-order valence-electron chi connectivity index (χ1n) is 20.9. The normalized spacial score (nSPS) is 17.9. The first-order valence-corrected chi connectivity index (χ1v) is 20.9. The van der Waals surface area contributed by atoms with E-state index in [1.165, 1.54) is 6.07 Å². The molecule has 0 aliphatic carbocycles. The van der Waals surface area contributed by atoms with E-state index in [9.17, 15) is 23.1 Å². The summed E-state index contributed by atoms with van der Waals surface area (Å²) in [6.07, 6.45) is 4.30. The van der Waals surface area contributed by atoms with Crippen LogP contribution in [0, 0.1) is 11.6 Å². The van der Waals surface area contributed by atoms with Gasteiger partial charge in [-0.05, 0) is 101 Å². The number of unbranched alkanes of at least 4 members (excludes halogenated alkanes) is 2. The van der Waals surface area contributed by atoms with Gasteiger partial charge in [-0.15, -0.1) is 13.2 Å². The van der Waals surface area contributed by atoms with E-state index in [0.29, 0.717) is 62.5 Å². The molecule has 3 aliphatic heterocycles. The number of anilines is 1. The number of phenolic OH excluding ortho intramolecular Hbond substituents is 1. The summed E-state index contributed by atoms with van der Waals surface area (Å²) < 4.78 is 95.0. The monoisotopic (exact) mass is 840 g/mol. The van der Waals surface area contributed by atoms with Gasteiger partial charge in [0.05, 0.1) is 23.2 Å². The topological polar surface area (TPSA) is 139 Å². The number of fused-ring (bicyclic) bond motifs is 2. The molecular weight excluding hydrogens is 791 g/mol. The predicted molar refractivity (Wildman–Crippen MR) is 213 cm³/mol. The summed E-state index contributed by atoms with van der Waals surface area (Å²) in [5.74, 6) is -3.34. The van der Waals surface area contributed by atoms with E-state index in [-0.39, 0.29) is 51.9 Å². The van der Waals surface area contributed by atoms with E-state index in [2.05, 4.69) is 43.7 Å². The Morgan fingerprint density at radius 3 is 2.52 bits per heavy atom. The molecule has 2 fully saturated rings. The van der Waals surface area contributed by atoms with Crippen LogP contribution in [0.25, 0.3) is 32.9 Å². The number of aromatic nitrogens is 3. The number of nitrogens with one attached hydrogen (secondary N) is 1. The zero-order valence-corrected chi connectivity index (χ0v) is 33.7. The fourth-order valence-corrected chi connectivity index (χ4v) is 9.24. The molecule has 2 N–H and O–H groups in total. The maximum atomic E-state index is 17.4. The quantitative estimate of drug-likeness (QED) is 0.0973. The zero-order chi connectivity index (χ0) is 42.2. The molecule has 0 radical (unpaired) electrons. The van der Waals surface area contributed by atoms with E-state index in [4.69, 9.17) is 18.6 Å². The molecular formula is C43H49F5N6O6. The summed E-state index contributed by atoms with van der Waals surface area (Å²) in [7, 11) is 0. The SMILES string of the molecule is CCCCc1oc(=O)oc1CN(CCCC)CC1CCCc2nc(-c3cc(O)cc4ccc(F)c(OC(F)(F)F)c34)c(F)c3nc(OCC45CCCN4CCC5)nc(c23)N1. The predicted octanol–water partition coefficient (Wildman–Crippen LogP) is 9.04. The van der Waals surface area contributed by atoms with Crippen LogP contribution in [-0.2, 0) is 19.4 Å². The molecule has 60 heavy (non-hydrogen) atoms. The maximum absolute atomic E-state index is 17.4. The molecule has 0 spiro atoms. The Hall–Kier alpha value is -5.03. The van der Waals surface area contributed by atoms with Gasteiger partial charge in [-0.3, -0.25) is 9.80 Å². The summed E-state index contributed by atoms with van der Waals surface area (Å²) in [6.45, 7) is 7.92. The van der Waals surface area contributed by atoms with Gasteiger partial charge in [0, 0.05) is 30.0 Å².